The van der Waals surface area contributed by atoms with Gasteiger partial charge < -0.3 is 19.7 Å². The number of morpholine rings is 1. The SMILES string of the molecule is CCN=C(NC1C2CCOC2C1(C)C)N1CCOC(c2cnn(C)c2)C1. The molecule has 1 aromatic rings. The Balaban J connectivity index is 1.47. The molecule has 3 heterocycles. The summed E-state index contributed by atoms with van der Waals surface area (Å²) in [4.78, 5) is 7.13. The maximum absolute atomic E-state index is 5.99. The first-order valence-corrected chi connectivity index (χ1v) is 9.78. The number of hydrogen-bond donors (Lipinski definition) is 1. The van der Waals surface area contributed by atoms with E-state index in [0.717, 1.165) is 44.2 Å². The summed E-state index contributed by atoms with van der Waals surface area (Å²) in [5.74, 6) is 1.61. The Kier molecular flexibility index (Phi) is 4.69. The fourth-order valence-electron chi connectivity index (χ4n) is 4.79. The number of guanidine groups is 1. The van der Waals surface area contributed by atoms with E-state index in [4.69, 9.17) is 14.5 Å². The summed E-state index contributed by atoms with van der Waals surface area (Å²) < 4.78 is 13.8. The molecule has 2 aliphatic heterocycles. The average Bonchev–Trinajstić information content (AvgIpc) is 3.26. The Morgan fingerprint density at radius 1 is 1.38 bits per heavy atom. The zero-order valence-electron chi connectivity index (χ0n) is 16.3. The molecule has 7 nitrogen and oxygen atoms in total. The van der Waals surface area contributed by atoms with Crippen LogP contribution in [-0.4, -0.2) is 65.6 Å². The van der Waals surface area contributed by atoms with Gasteiger partial charge in [0.1, 0.15) is 6.10 Å². The lowest BCUT2D eigenvalue weighted by atomic mass is 9.57. The van der Waals surface area contributed by atoms with Crippen molar-refractivity contribution in [3.63, 3.8) is 0 Å². The van der Waals surface area contributed by atoms with E-state index >= 15 is 0 Å². The van der Waals surface area contributed by atoms with Crippen LogP contribution in [0.2, 0.25) is 0 Å². The van der Waals surface area contributed by atoms with Gasteiger partial charge in [0.25, 0.3) is 0 Å². The molecule has 1 saturated carbocycles. The minimum atomic E-state index is 0.0401. The van der Waals surface area contributed by atoms with Crippen LogP contribution in [-0.2, 0) is 16.5 Å². The van der Waals surface area contributed by atoms with E-state index in [1.807, 2.05) is 24.1 Å². The monoisotopic (exact) mass is 361 g/mol. The molecule has 2 saturated heterocycles. The zero-order valence-corrected chi connectivity index (χ0v) is 16.3. The molecule has 0 amide bonds. The smallest absolute Gasteiger partial charge is 0.194 e. The largest absolute Gasteiger partial charge is 0.377 e. The second-order valence-electron chi connectivity index (χ2n) is 8.24. The van der Waals surface area contributed by atoms with Gasteiger partial charge in [-0.15, -0.1) is 0 Å². The van der Waals surface area contributed by atoms with E-state index in [9.17, 15) is 0 Å². The van der Waals surface area contributed by atoms with Crippen molar-refractivity contribution in [2.75, 3.05) is 32.8 Å². The molecular formula is C19H31N5O2. The van der Waals surface area contributed by atoms with Crippen molar-refractivity contribution in [3.05, 3.63) is 18.0 Å². The van der Waals surface area contributed by atoms with Crippen molar-refractivity contribution >= 4 is 5.96 Å². The van der Waals surface area contributed by atoms with E-state index in [2.05, 4.69) is 36.1 Å². The van der Waals surface area contributed by atoms with E-state index in [1.165, 1.54) is 0 Å². The lowest BCUT2D eigenvalue weighted by Gasteiger charge is -2.55. The van der Waals surface area contributed by atoms with Gasteiger partial charge in [0, 0.05) is 55.9 Å². The van der Waals surface area contributed by atoms with Crippen LogP contribution in [0.3, 0.4) is 0 Å². The van der Waals surface area contributed by atoms with Gasteiger partial charge >= 0.3 is 0 Å². The first kappa shape index (κ1) is 17.8. The van der Waals surface area contributed by atoms with E-state index < -0.39 is 0 Å². The predicted molar refractivity (Wildman–Crippen MR) is 100 cm³/mol. The summed E-state index contributed by atoms with van der Waals surface area (Å²) in [6.45, 7) is 10.7. The summed E-state index contributed by atoms with van der Waals surface area (Å²) in [5, 5.41) is 8.07. The Morgan fingerprint density at radius 3 is 2.96 bits per heavy atom. The average molecular weight is 361 g/mol. The number of nitrogens with one attached hydrogen (secondary N) is 1. The van der Waals surface area contributed by atoms with Crippen molar-refractivity contribution in [2.24, 2.45) is 23.4 Å². The molecule has 0 aromatic carbocycles. The topological polar surface area (TPSA) is 63.9 Å². The highest BCUT2D eigenvalue weighted by atomic mass is 16.5. The zero-order chi connectivity index (χ0) is 18.3. The molecule has 4 atom stereocenters. The molecule has 3 fully saturated rings. The number of aliphatic imine (C=N–C) groups is 1. The van der Waals surface area contributed by atoms with Crippen molar-refractivity contribution in [1.29, 1.82) is 0 Å². The Labute approximate surface area is 155 Å². The second-order valence-corrected chi connectivity index (χ2v) is 8.24. The molecule has 3 aliphatic rings. The normalized spacial score (nSPS) is 33.7. The van der Waals surface area contributed by atoms with Crippen LogP contribution in [0.4, 0.5) is 0 Å². The number of fused-ring (bicyclic) bond motifs is 1. The van der Waals surface area contributed by atoms with E-state index in [0.29, 0.717) is 24.7 Å². The van der Waals surface area contributed by atoms with Crippen LogP contribution in [0.1, 0.15) is 38.9 Å². The minimum absolute atomic E-state index is 0.0401. The summed E-state index contributed by atoms with van der Waals surface area (Å²) in [6, 6.07) is 0.417. The van der Waals surface area contributed by atoms with Crippen molar-refractivity contribution in [1.82, 2.24) is 20.0 Å². The Morgan fingerprint density at radius 2 is 2.23 bits per heavy atom. The third-order valence-electron chi connectivity index (χ3n) is 6.16. The Hall–Kier alpha value is -1.60. The molecule has 26 heavy (non-hydrogen) atoms. The number of rotatable bonds is 3. The van der Waals surface area contributed by atoms with Crippen LogP contribution in [0, 0.1) is 11.3 Å². The standard InChI is InChI=1S/C19H31N5O2/c1-5-20-18(22-16-14-6-8-26-17(14)19(16,2)3)24-7-9-25-15(12-24)13-10-21-23(4)11-13/h10-11,14-17H,5-9,12H2,1-4H3,(H,20,22). The van der Waals surface area contributed by atoms with Crippen molar-refractivity contribution < 1.29 is 9.47 Å². The van der Waals surface area contributed by atoms with Gasteiger partial charge in [0.05, 0.1) is 25.5 Å². The fraction of sp³-hybridized carbons (Fsp3) is 0.789. The molecular weight excluding hydrogens is 330 g/mol. The number of hydrogen-bond acceptors (Lipinski definition) is 4. The first-order valence-electron chi connectivity index (χ1n) is 9.78. The van der Waals surface area contributed by atoms with Gasteiger partial charge in [-0.1, -0.05) is 13.8 Å². The lowest BCUT2D eigenvalue weighted by Crippen LogP contribution is -2.68. The van der Waals surface area contributed by atoms with Gasteiger partial charge in [-0.2, -0.15) is 5.10 Å². The first-order chi connectivity index (χ1) is 12.5. The lowest BCUT2D eigenvalue weighted by molar-refractivity contribution is -0.108. The quantitative estimate of drug-likeness (QED) is 0.654. The van der Waals surface area contributed by atoms with Gasteiger partial charge in [0.2, 0.25) is 0 Å². The highest BCUT2D eigenvalue weighted by molar-refractivity contribution is 5.81. The number of ether oxygens (including phenoxy) is 2. The maximum atomic E-state index is 5.99. The predicted octanol–water partition coefficient (Wildman–Crippen LogP) is 1.57. The van der Waals surface area contributed by atoms with E-state index in [1.54, 1.807) is 0 Å². The third-order valence-corrected chi connectivity index (χ3v) is 6.16. The highest BCUT2D eigenvalue weighted by Gasteiger charge is 2.59. The van der Waals surface area contributed by atoms with Gasteiger partial charge in [-0.25, -0.2) is 0 Å². The molecule has 1 aromatic heterocycles. The van der Waals surface area contributed by atoms with E-state index in [-0.39, 0.29) is 11.5 Å². The number of nitrogens with zero attached hydrogens (tertiary/aromatic N) is 4. The van der Waals surface area contributed by atoms with Gasteiger partial charge in [0.15, 0.2) is 5.96 Å². The molecule has 4 rings (SSSR count). The molecule has 144 valence electrons. The molecule has 1 aliphatic carbocycles. The minimum Gasteiger partial charge on any atom is -0.377 e. The van der Waals surface area contributed by atoms with Crippen LogP contribution in [0.15, 0.2) is 17.4 Å². The molecule has 4 unspecified atom stereocenters. The Bertz CT molecular complexity index is 671. The van der Waals surface area contributed by atoms with Crippen molar-refractivity contribution in [3.8, 4) is 0 Å². The maximum Gasteiger partial charge on any atom is 0.194 e. The van der Waals surface area contributed by atoms with Crippen LogP contribution in [0.5, 0.6) is 0 Å². The molecule has 0 radical (unpaired) electrons. The number of aromatic nitrogens is 2. The molecule has 1 N–H and O–H groups in total. The summed E-state index contributed by atoms with van der Waals surface area (Å²) in [6.07, 6.45) is 5.50. The molecule has 7 heteroatoms. The second kappa shape index (κ2) is 6.85. The van der Waals surface area contributed by atoms with Crippen molar-refractivity contribution in [2.45, 2.75) is 45.4 Å². The fourth-order valence-corrected chi connectivity index (χ4v) is 4.79. The summed E-state index contributed by atoms with van der Waals surface area (Å²) in [5.41, 5.74) is 1.27. The highest BCUT2D eigenvalue weighted by Crippen LogP contribution is 2.52. The van der Waals surface area contributed by atoms with Crippen LogP contribution >= 0.6 is 0 Å². The molecule has 0 spiro atoms. The number of aryl methyl sites for hydroxylation is 1. The van der Waals surface area contributed by atoms with Crippen LogP contribution in [0.25, 0.3) is 0 Å². The summed E-state index contributed by atoms with van der Waals surface area (Å²) >= 11 is 0. The summed E-state index contributed by atoms with van der Waals surface area (Å²) in [7, 11) is 1.94. The van der Waals surface area contributed by atoms with Crippen LogP contribution < -0.4 is 5.32 Å². The molecule has 0 bridgehead atoms. The van der Waals surface area contributed by atoms with Gasteiger partial charge in [-0.05, 0) is 13.3 Å². The van der Waals surface area contributed by atoms with Gasteiger partial charge in [-0.3, -0.25) is 9.67 Å². The third kappa shape index (κ3) is 3.01.